The molecule has 3 rings (SSSR count). The second kappa shape index (κ2) is 10.8. The van der Waals surface area contributed by atoms with Crippen LogP contribution in [0, 0.1) is 0 Å². The van der Waals surface area contributed by atoms with Gasteiger partial charge in [0.05, 0.1) is 20.8 Å². The van der Waals surface area contributed by atoms with Crippen LogP contribution in [-0.4, -0.2) is 36.1 Å². The molecule has 32 heavy (non-hydrogen) atoms. The first-order chi connectivity index (χ1) is 15.4. The molecule has 7 nitrogen and oxygen atoms in total. The number of aromatic nitrogens is 1. The van der Waals surface area contributed by atoms with Crippen molar-refractivity contribution in [3.05, 3.63) is 77.5 Å². The monoisotopic (exact) mass is 437 g/mol. The van der Waals surface area contributed by atoms with Crippen LogP contribution in [0.2, 0.25) is 0 Å². The van der Waals surface area contributed by atoms with E-state index >= 15 is 0 Å². The fourth-order valence-corrected chi connectivity index (χ4v) is 3.49. The molecule has 0 aliphatic rings. The molecule has 1 N–H and O–H groups in total. The lowest BCUT2D eigenvalue weighted by Crippen LogP contribution is -2.30. The maximum absolute atomic E-state index is 12.3. The van der Waals surface area contributed by atoms with Gasteiger partial charge in [-0.1, -0.05) is 30.3 Å². The molecule has 0 saturated heterocycles. The first-order valence-electron chi connectivity index (χ1n) is 10.7. The molecule has 3 aromatic rings. The first-order valence-corrected chi connectivity index (χ1v) is 10.7. The molecule has 0 spiro atoms. The highest BCUT2D eigenvalue weighted by Crippen LogP contribution is 2.30. The van der Waals surface area contributed by atoms with Gasteiger partial charge in [-0.15, -0.1) is 0 Å². The summed E-state index contributed by atoms with van der Waals surface area (Å²) >= 11 is 0. The maximum Gasteiger partial charge on any atom is 0.273 e. The van der Waals surface area contributed by atoms with Crippen LogP contribution in [0.3, 0.4) is 0 Å². The van der Waals surface area contributed by atoms with Gasteiger partial charge in [-0.25, -0.2) is 4.98 Å². The zero-order chi connectivity index (χ0) is 23.1. The third-order valence-corrected chi connectivity index (χ3v) is 5.23. The number of amides is 1. The van der Waals surface area contributed by atoms with Crippen molar-refractivity contribution in [2.45, 2.75) is 45.9 Å². The smallest absolute Gasteiger partial charge is 0.273 e. The van der Waals surface area contributed by atoms with E-state index in [4.69, 9.17) is 13.9 Å². The van der Waals surface area contributed by atoms with Gasteiger partial charge < -0.3 is 19.2 Å². The van der Waals surface area contributed by atoms with Gasteiger partial charge in [-0.05, 0) is 44.5 Å². The van der Waals surface area contributed by atoms with E-state index in [-0.39, 0.29) is 23.7 Å². The average molecular weight is 438 g/mol. The summed E-state index contributed by atoms with van der Waals surface area (Å²) in [5.41, 5.74) is 2.43. The summed E-state index contributed by atoms with van der Waals surface area (Å²) in [6, 6.07) is 16.1. The number of hydrogen-bond donors (Lipinski definition) is 1. The van der Waals surface area contributed by atoms with Crippen molar-refractivity contribution < 1.29 is 18.7 Å². The van der Waals surface area contributed by atoms with E-state index in [9.17, 15) is 4.79 Å². The number of oxazole rings is 1. The lowest BCUT2D eigenvalue weighted by Gasteiger charge is -2.29. The summed E-state index contributed by atoms with van der Waals surface area (Å²) in [6.07, 6.45) is 1.41. The Kier molecular flexibility index (Phi) is 7.89. The Morgan fingerprint density at radius 1 is 1.06 bits per heavy atom. The van der Waals surface area contributed by atoms with Crippen molar-refractivity contribution in [2.24, 2.45) is 0 Å². The predicted octanol–water partition coefficient (Wildman–Crippen LogP) is 4.59. The number of methoxy groups -OCH3 is 2. The molecule has 0 aliphatic heterocycles. The highest BCUT2D eigenvalue weighted by atomic mass is 16.5. The Morgan fingerprint density at radius 3 is 2.47 bits per heavy atom. The van der Waals surface area contributed by atoms with Crippen LogP contribution in [0.25, 0.3) is 0 Å². The predicted molar refractivity (Wildman–Crippen MR) is 123 cm³/mol. The lowest BCUT2D eigenvalue weighted by atomic mass is 10.1. The van der Waals surface area contributed by atoms with Crippen molar-refractivity contribution in [2.75, 3.05) is 14.2 Å². The number of carbonyl (C=O) groups excluding carboxylic acids is 1. The largest absolute Gasteiger partial charge is 0.497 e. The van der Waals surface area contributed by atoms with Crippen molar-refractivity contribution in [1.82, 2.24) is 15.2 Å². The molecule has 0 fully saturated rings. The molecule has 0 aliphatic carbocycles. The molecular formula is C25H31N3O4. The average Bonchev–Trinajstić information content (AvgIpc) is 3.27. The van der Waals surface area contributed by atoms with Crippen LogP contribution < -0.4 is 14.8 Å². The van der Waals surface area contributed by atoms with E-state index < -0.39 is 0 Å². The van der Waals surface area contributed by atoms with Crippen LogP contribution in [0.1, 0.15) is 54.3 Å². The van der Waals surface area contributed by atoms with E-state index in [1.54, 1.807) is 14.2 Å². The molecule has 1 aromatic heterocycles. The van der Waals surface area contributed by atoms with Gasteiger partial charge in [0.1, 0.15) is 17.8 Å². The number of rotatable bonds is 10. The lowest BCUT2D eigenvalue weighted by molar-refractivity contribution is 0.0938. The summed E-state index contributed by atoms with van der Waals surface area (Å²) < 4.78 is 16.6. The summed E-state index contributed by atoms with van der Waals surface area (Å²) in [5, 5.41) is 2.84. The van der Waals surface area contributed by atoms with Gasteiger partial charge in [0.2, 0.25) is 5.89 Å². The second-order valence-corrected chi connectivity index (χ2v) is 7.92. The number of nitrogens with one attached hydrogen (secondary N) is 1. The van der Waals surface area contributed by atoms with Crippen LogP contribution >= 0.6 is 0 Å². The minimum atomic E-state index is -0.243. The Morgan fingerprint density at radius 2 is 1.81 bits per heavy atom. The maximum atomic E-state index is 12.3. The van der Waals surface area contributed by atoms with Gasteiger partial charge in [0, 0.05) is 24.2 Å². The van der Waals surface area contributed by atoms with Crippen LogP contribution in [0.5, 0.6) is 11.5 Å². The number of benzene rings is 2. The number of nitrogens with zero attached hydrogens (tertiary/aromatic N) is 2. The summed E-state index contributed by atoms with van der Waals surface area (Å²) in [4.78, 5) is 18.9. The summed E-state index contributed by atoms with van der Waals surface area (Å²) in [6.45, 7) is 6.95. The highest BCUT2D eigenvalue weighted by Gasteiger charge is 2.22. The summed E-state index contributed by atoms with van der Waals surface area (Å²) in [5.74, 6) is 1.77. The van der Waals surface area contributed by atoms with Crippen LogP contribution in [-0.2, 0) is 13.1 Å². The van der Waals surface area contributed by atoms with Crippen molar-refractivity contribution in [1.29, 1.82) is 0 Å². The number of hydrogen-bond acceptors (Lipinski definition) is 6. The normalized spacial score (nSPS) is 12.1. The van der Waals surface area contributed by atoms with Gasteiger partial charge in [-0.3, -0.25) is 9.69 Å². The standard InChI is InChI=1S/C25H31N3O4/c1-17(2)26-25(29)22-16-32-24(27-22)15-28(18(3)19-9-7-6-8-10-19)14-20-13-21(30-4)11-12-23(20)31-5/h6-13,16-18H,14-15H2,1-5H3,(H,26,29)/t18-/m0/s1. The van der Waals surface area contributed by atoms with Crippen LogP contribution in [0.4, 0.5) is 0 Å². The Bertz CT molecular complexity index is 1020. The van der Waals surface area contributed by atoms with Crippen molar-refractivity contribution in [3.8, 4) is 11.5 Å². The Balaban J connectivity index is 1.89. The Hall–Kier alpha value is -3.32. The fraction of sp³-hybridized carbons (Fsp3) is 0.360. The van der Waals surface area contributed by atoms with Gasteiger partial charge in [0.25, 0.3) is 5.91 Å². The fourth-order valence-electron chi connectivity index (χ4n) is 3.49. The van der Waals surface area contributed by atoms with Gasteiger partial charge in [0.15, 0.2) is 5.69 Å². The number of ether oxygens (including phenoxy) is 2. The van der Waals surface area contributed by atoms with E-state index in [1.807, 2.05) is 50.2 Å². The van der Waals surface area contributed by atoms with Crippen molar-refractivity contribution in [3.63, 3.8) is 0 Å². The zero-order valence-corrected chi connectivity index (χ0v) is 19.3. The molecule has 0 saturated carbocycles. The van der Waals surface area contributed by atoms with Gasteiger partial charge in [-0.2, -0.15) is 0 Å². The molecule has 0 bridgehead atoms. The molecule has 1 heterocycles. The van der Waals surface area contributed by atoms with E-state index in [1.165, 1.54) is 11.8 Å². The molecule has 170 valence electrons. The third-order valence-electron chi connectivity index (χ3n) is 5.23. The molecule has 0 radical (unpaired) electrons. The topological polar surface area (TPSA) is 76.8 Å². The highest BCUT2D eigenvalue weighted by molar-refractivity contribution is 5.92. The first kappa shape index (κ1) is 23.3. The second-order valence-electron chi connectivity index (χ2n) is 7.92. The van der Waals surface area contributed by atoms with E-state index in [0.29, 0.717) is 19.0 Å². The van der Waals surface area contributed by atoms with Gasteiger partial charge >= 0.3 is 0 Å². The molecule has 0 unspecified atom stereocenters. The van der Waals surface area contributed by atoms with E-state index in [0.717, 1.165) is 17.1 Å². The molecule has 2 aromatic carbocycles. The quantitative estimate of drug-likeness (QED) is 0.500. The van der Waals surface area contributed by atoms with Crippen molar-refractivity contribution >= 4 is 5.91 Å². The molecule has 1 amide bonds. The van der Waals surface area contributed by atoms with Crippen LogP contribution in [0.15, 0.2) is 59.2 Å². The Labute approximate surface area is 189 Å². The summed E-state index contributed by atoms with van der Waals surface area (Å²) in [7, 11) is 3.30. The molecular weight excluding hydrogens is 406 g/mol. The minimum Gasteiger partial charge on any atom is -0.497 e. The third kappa shape index (κ3) is 5.88. The zero-order valence-electron chi connectivity index (χ0n) is 19.3. The SMILES string of the molecule is COc1ccc(OC)c(CN(Cc2nc(C(=O)NC(C)C)co2)[C@@H](C)c2ccccc2)c1. The number of carbonyl (C=O) groups is 1. The molecule has 1 atom stereocenters. The molecule has 7 heteroatoms. The van der Waals surface area contributed by atoms with E-state index in [2.05, 4.69) is 34.3 Å². The minimum absolute atomic E-state index is 0.0257.